The van der Waals surface area contributed by atoms with Gasteiger partial charge in [0.2, 0.25) is 0 Å². The smallest absolute Gasteiger partial charge is 0.119 e. The quantitative estimate of drug-likeness (QED) is 0.727. The largest absolute Gasteiger partial charge is 0.491 e. The van der Waals surface area contributed by atoms with Crippen LogP contribution in [0.15, 0.2) is 54.6 Å². The number of hydrogen-bond acceptors (Lipinski definition) is 3. The summed E-state index contributed by atoms with van der Waals surface area (Å²) in [7, 11) is 0. The number of ether oxygens (including phenoxy) is 1. The molecule has 0 fully saturated rings. The molecule has 1 N–H and O–H groups in total. The van der Waals surface area contributed by atoms with Gasteiger partial charge in [-0.2, -0.15) is 0 Å². The molecule has 0 aliphatic heterocycles. The van der Waals surface area contributed by atoms with Gasteiger partial charge in [-0.15, -0.1) is 0 Å². The van der Waals surface area contributed by atoms with Crippen molar-refractivity contribution in [3.05, 3.63) is 60.4 Å². The number of aryl methyl sites for hydroxylation is 1. The van der Waals surface area contributed by atoms with Crippen molar-refractivity contribution < 1.29 is 9.84 Å². The average molecular weight is 310 g/mol. The molecule has 1 atom stereocenters. The van der Waals surface area contributed by atoms with Crippen LogP contribution in [0, 0.1) is 0 Å². The molecule has 1 aromatic heterocycles. The standard InChI is InChI=1S/C19H22N2O2/c1-2-8-19-20-17-11-6-7-12-18(17)21(19)13-15(22)14-23-16-9-4-3-5-10-16/h3-7,9-12,15,22H,2,8,13-14H2,1H3/t15-/m0/s1. The highest BCUT2D eigenvalue weighted by Crippen LogP contribution is 2.18. The maximum atomic E-state index is 10.4. The van der Waals surface area contributed by atoms with Crippen molar-refractivity contribution in [2.45, 2.75) is 32.4 Å². The minimum atomic E-state index is -0.580. The molecule has 0 spiro atoms. The van der Waals surface area contributed by atoms with Crippen LogP contribution in [0.25, 0.3) is 11.0 Å². The first-order chi connectivity index (χ1) is 11.3. The maximum Gasteiger partial charge on any atom is 0.119 e. The zero-order valence-electron chi connectivity index (χ0n) is 13.4. The normalized spacial score (nSPS) is 12.4. The molecule has 3 aromatic rings. The monoisotopic (exact) mass is 310 g/mol. The number of aliphatic hydroxyl groups is 1. The second-order valence-electron chi connectivity index (χ2n) is 5.66. The van der Waals surface area contributed by atoms with Crippen molar-refractivity contribution in [3.8, 4) is 5.75 Å². The van der Waals surface area contributed by atoms with Crippen LogP contribution in [-0.4, -0.2) is 27.4 Å². The molecule has 0 amide bonds. The summed E-state index contributed by atoms with van der Waals surface area (Å²) >= 11 is 0. The molecule has 120 valence electrons. The lowest BCUT2D eigenvalue weighted by molar-refractivity contribution is 0.0927. The average Bonchev–Trinajstić information content (AvgIpc) is 2.92. The Kier molecular flexibility index (Phi) is 4.93. The van der Waals surface area contributed by atoms with Crippen molar-refractivity contribution >= 4 is 11.0 Å². The highest BCUT2D eigenvalue weighted by Gasteiger charge is 2.14. The number of fused-ring (bicyclic) bond motifs is 1. The van der Waals surface area contributed by atoms with Gasteiger partial charge in [-0.25, -0.2) is 4.98 Å². The molecule has 4 heteroatoms. The Morgan fingerprint density at radius 2 is 1.83 bits per heavy atom. The van der Waals surface area contributed by atoms with Gasteiger partial charge >= 0.3 is 0 Å². The number of rotatable bonds is 7. The van der Waals surface area contributed by atoms with Gasteiger partial charge in [-0.1, -0.05) is 37.3 Å². The molecular weight excluding hydrogens is 288 g/mol. The Balaban J connectivity index is 1.73. The maximum absolute atomic E-state index is 10.4. The SMILES string of the molecule is CCCc1nc2ccccc2n1C[C@H](O)COc1ccccc1. The molecule has 0 aliphatic carbocycles. The highest BCUT2D eigenvalue weighted by molar-refractivity contribution is 5.75. The van der Waals surface area contributed by atoms with Crippen LogP contribution in [0.1, 0.15) is 19.2 Å². The molecule has 0 bridgehead atoms. The molecule has 23 heavy (non-hydrogen) atoms. The fraction of sp³-hybridized carbons (Fsp3) is 0.316. The number of hydrogen-bond donors (Lipinski definition) is 1. The van der Waals surface area contributed by atoms with Gasteiger partial charge in [0.25, 0.3) is 0 Å². The van der Waals surface area contributed by atoms with Gasteiger partial charge in [-0.3, -0.25) is 0 Å². The Morgan fingerprint density at radius 3 is 2.61 bits per heavy atom. The van der Waals surface area contributed by atoms with Crippen molar-refractivity contribution in [1.29, 1.82) is 0 Å². The lowest BCUT2D eigenvalue weighted by Crippen LogP contribution is -2.24. The second-order valence-corrected chi connectivity index (χ2v) is 5.66. The van der Waals surface area contributed by atoms with Gasteiger partial charge in [0, 0.05) is 6.42 Å². The zero-order chi connectivity index (χ0) is 16.1. The second kappa shape index (κ2) is 7.29. The third-order valence-corrected chi connectivity index (χ3v) is 3.79. The Labute approximate surface area is 136 Å². The summed E-state index contributed by atoms with van der Waals surface area (Å²) in [5.74, 6) is 1.79. The van der Waals surface area contributed by atoms with E-state index in [-0.39, 0.29) is 6.61 Å². The number of aliphatic hydroxyl groups excluding tert-OH is 1. The van der Waals surface area contributed by atoms with Crippen LogP contribution in [0.3, 0.4) is 0 Å². The first-order valence-corrected chi connectivity index (χ1v) is 8.08. The molecule has 4 nitrogen and oxygen atoms in total. The molecule has 0 saturated heterocycles. The van der Waals surface area contributed by atoms with E-state index in [1.54, 1.807) is 0 Å². The van der Waals surface area contributed by atoms with E-state index in [9.17, 15) is 5.11 Å². The van der Waals surface area contributed by atoms with Crippen molar-refractivity contribution in [3.63, 3.8) is 0 Å². The van der Waals surface area contributed by atoms with E-state index in [1.165, 1.54) is 0 Å². The first-order valence-electron chi connectivity index (χ1n) is 8.08. The lowest BCUT2D eigenvalue weighted by Gasteiger charge is -2.15. The lowest BCUT2D eigenvalue weighted by atomic mass is 10.3. The summed E-state index contributed by atoms with van der Waals surface area (Å²) in [4.78, 5) is 4.68. The van der Waals surface area contributed by atoms with E-state index in [2.05, 4.69) is 16.5 Å². The molecule has 2 aromatic carbocycles. The fourth-order valence-electron chi connectivity index (χ4n) is 2.72. The summed E-state index contributed by atoms with van der Waals surface area (Å²) in [5.41, 5.74) is 2.04. The van der Waals surface area contributed by atoms with Crippen LogP contribution < -0.4 is 4.74 Å². The summed E-state index contributed by atoms with van der Waals surface area (Å²) in [5, 5.41) is 10.4. The van der Waals surface area contributed by atoms with E-state index >= 15 is 0 Å². The molecule has 1 heterocycles. The van der Waals surface area contributed by atoms with Gasteiger partial charge in [0.1, 0.15) is 24.3 Å². The first kappa shape index (κ1) is 15.6. The Morgan fingerprint density at radius 1 is 1.09 bits per heavy atom. The molecule has 0 radical (unpaired) electrons. The predicted octanol–water partition coefficient (Wildman–Crippen LogP) is 3.43. The van der Waals surface area contributed by atoms with Crippen molar-refractivity contribution in [2.24, 2.45) is 0 Å². The van der Waals surface area contributed by atoms with Crippen molar-refractivity contribution in [2.75, 3.05) is 6.61 Å². The topological polar surface area (TPSA) is 47.3 Å². The minimum absolute atomic E-state index is 0.266. The zero-order valence-corrected chi connectivity index (χ0v) is 13.4. The van der Waals surface area contributed by atoms with E-state index in [4.69, 9.17) is 4.74 Å². The van der Waals surface area contributed by atoms with E-state index in [0.717, 1.165) is 35.4 Å². The molecule has 0 saturated carbocycles. The summed E-state index contributed by atoms with van der Waals surface area (Å²) in [6.45, 7) is 2.89. The third kappa shape index (κ3) is 3.71. The van der Waals surface area contributed by atoms with Gasteiger partial charge < -0.3 is 14.4 Å². The van der Waals surface area contributed by atoms with Crippen molar-refractivity contribution in [1.82, 2.24) is 9.55 Å². The minimum Gasteiger partial charge on any atom is -0.491 e. The molecule has 0 unspecified atom stereocenters. The number of nitrogens with zero attached hydrogens (tertiary/aromatic N) is 2. The Hall–Kier alpha value is -2.33. The molecule has 3 rings (SSSR count). The number of benzene rings is 2. The molecule has 0 aliphatic rings. The van der Waals surface area contributed by atoms with Crippen LogP contribution >= 0.6 is 0 Å². The summed E-state index contributed by atoms with van der Waals surface area (Å²) < 4.78 is 7.75. The van der Waals surface area contributed by atoms with Crippen LogP contribution in [0.2, 0.25) is 0 Å². The van der Waals surface area contributed by atoms with Crippen LogP contribution in [0.5, 0.6) is 5.75 Å². The Bertz CT molecular complexity index is 752. The van der Waals surface area contributed by atoms with Crippen LogP contribution in [-0.2, 0) is 13.0 Å². The van der Waals surface area contributed by atoms with E-state index in [1.807, 2.05) is 54.6 Å². The van der Waals surface area contributed by atoms with E-state index in [0.29, 0.717) is 6.54 Å². The van der Waals surface area contributed by atoms with E-state index < -0.39 is 6.10 Å². The van der Waals surface area contributed by atoms with Gasteiger partial charge in [0.15, 0.2) is 0 Å². The number of aromatic nitrogens is 2. The summed E-state index contributed by atoms with van der Waals surface area (Å²) in [6.07, 6.45) is 1.35. The molecular formula is C19H22N2O2. The van der Waals surface area contributed by atoms with Gasteiger partial charge in [-0.05, 0) is 30.7 Å². The van der Waals surface area contributed by atoms with Gasteiger partial charge in [0.05, 0.1) is 17.6 Å². The van der Waals surface area contributed by atoms with Crippen LogP contribution in [0.4, 0.5) is 0 Å². The highest BCUT2D eigenvalue weighted by atomic mass is 16.5. The third-order valence-electron chi connectivity index (χ3n) is 3.79. The summed E-state index contributed by atoms with van der Waals surface area (Å²) in [6, 6.07) is 17.6. The number of para-hydroxylation sites is 3. The fourth-order valence-corrected chi connectivity index (χ4v) is 2.72. The number of imidazole rings is 1. The predicted molar refractivity (Wildman–Crippen MR) is 91.7 cm³/mol.